The zero-order valence-corrected chi connectivity index (χ0v) is 11.3. The van der Waals surface area contributed by atoms with E-state index in [4.69, 9.17) is 9.47 Å². The summed E-state index contributed by atoms with van der Waals surface area (Å²) in [6, 6.07) is 0. The van der Waals surface area contributed by atoms with E-state index in [1.807, 2.05) is 0 Å². The lowest BCUT2D eigenvalue weighted by molar-refractivity contribution is 0.0510. The number of likely N-dealkylation sites (tertiary alicyclic amines) is 1. The second-order valence-electron chi connectivity index (χ2n) is 4.19. The molecule has 1 heterocycles. The first-order valence-corrected chi connectivity index (χ1v) is 6.58. The van der Waals surface area contributed by atoms with Gasteiger partial charge in [-0.1, -0.05) is 22.9 Å². The summed E-state index contributed by atoms with van der Waals surface area (Å²) in [5.41, 5.74) is 0. The van der Waals surface area contributed by atoms with Gasteiger partial charge >= 0.3 is 0 Å². The van der Waals surface area contributed by atoms with Crippen LogP contribution in [-0.2, 0) is 9.47 Å². The van der Waals surface area contributed by atoms with Crippen LogP contribution in [-0.4, -0.2) is 56.3 Å². The van der Waals surface area contributed by atoms with Crippen molar-refractivity contribution in [1.82, 2.24) is 4.90 Å². The number of nitrogens with zero attached hydrogens (tertiary/aromatic N) is 1. The first-order valence-electron chi connectivity index (χ1n) is 5.67. The number of rotatable bonds is 6. The molecule has 0 aromatic rings. The first-order chi connectivity index (χ1) is 7.24. The quantitative estimate of drug-likeness (QED) is 0.546. The minimum absolute atomic E-state index is 0.694. The van der Waals surface area contributed by atoms with Gasteiger partial charge in [-0.2, -0.15) is 0 Å². The number of alkyl halides is 1. The average molecular weight is 280 g/mol. The van der Waals surface area contributed by atoms with Crippen molar-refractivity contribution in [3.63, 3.8) is 0 Å². The molecule has 0 radical (unpaired) electrons. The van der Waals surface area contributed by atoms with Crippen LogP contribution in [0.4, 0.5) is 0 Å². The summed E-state index contributed by atoms with van der Waals surface area (Å²) in [5.74, 6) is 0.748. The number of hydrogen-bond donors (Lipinski definition) is 0. The summed E-state index contributed by atoms with van der Waals surface area (Å²) in [5, 5.41) is 0. The van der Waals surface area contributed by atoms with Crippen molar-refractivity contribution >= 4 is 15.9 Å². The Morgan fingerprint density at radius 2 is 2.13 bits per heavy atom. The Kier molecular flexibility index (Phi) is 6.81. The summed E-state index contributed by atoms with van der Waals surface area (Å²) in [6.45, 7) is 7.95. The van der Waals surface area contributed by atoms with Crippen LogP contribution >= 0.6 is 15.9 Å². The topological polar surface area (TPSA) is 21.7 Å². The minimum Gasteiger partial charge on any atom is -0.382 e. The van der Waals surface area contributed by atoms with Crippen molar-refractivity contribution in [2.75, 3.05) is 46.6 Å². The molecule has 0 N–H and O–H groups in total. The van der Waals surface area contributed by atoms with Crippen LogP contribution in [0.15, 0.2) is 0 Å². The van der Waals surface area contributed by atoms with Gasteiger partial charge in [0.1, 0.15) is 0 Å². The van der Waals surface area contributed by atoms with Gasteiger partial charge in [0.25, 0.3) is 0 Å². The van der Waals surface area contributed by atoms with Crippen molar-refractivity contribution in [2.45, 2.75) is 18.2 Å². The molecule has 1 aliphatic rings. The zero-order chi connectivity index (χ0) is 11.1. The molecule has 0 aliphatic carbocycles. The Balaban J connectivity index is 2.02. The Hall–Kier alpha value is 0.360. The van der Waals surface area contributed by atoms with Crippen molar-refractivity contribution in [2.24, 2.45) is 5.92 Å². The third-order valence-corrected chi connectivity index (χ3v) is 4.23. The smallest absolute Gasteiger partial charge is 0.0700 e. The van der Waals surface area contributed by atoms with Crippen LogP contribution in [0.1, 0.15) is 13.3 Å². The highest BCUT2D eigenvalue weighted by Gasteiger charge is 2.23. The second-order valence-corrected chi connectivity index (χ2v) is 5.36. The van der Waals surface area contributed by atoms with Crippen LogP contribution in [0.25, 0.3) is 0 Å². The predicted octanol–water partition coefficient (Wildman–Crippen LogP) is 1.75. The maximum absolute atomic E-state index is 5.46. The number of piperidine rings is 1. The maximum Gasteiger partial charge on any atom is 0.0700 e. The molecule has 4 heteroatoms. The van der Waals surface area contributed by atoms with Crippen LogP contribution in [0.3, 0.4) is 0 Å². The molecule has 1 fully saturated rings. The molecule has 0 spiro atoms. The average Bonchev–Trinajstić information content (AvgIpc) is 2.23. The van der Waals surface area contributed by atoms with Crippen LogP contribution in [0.2, 0.25) is 0 Å². The molecular formula is C11H22BrNO2. The van der Waals surface area contributed by atoms with E-state index in [-0.39, 0.29) is 0 Å². The van der Waals surface area contributed by atoms with E-state index < -0.39 is 0 Å². The molecule has 0 bridgehead atoms. The van der Waals surface area contributed by atoms with Crippen LogP contribution in [0, 0.1) is 5.92 Å². The van der Waals surface area contributed by atoms with E-state index in [0.717, 1.165) is 19.1 Å². The van der Waals surface area contributed by atoms with Gasteiger partial charge in [0.05, 0.1) is 19.8 Å². The van der Waals surface area contributed by atoms with Crippen molar-refractivity contribution in [3.8, 4) is 0 Å². The molecule has 0 amide bonds. The van der Waals surface area contributed by atoms with E-state index >= 15 is 0 Å². The number of halogens is 1. The molecule has 3 nitrogen and oxygen atoms in total. The maximum atomic E-state index is 5.46. The fourth-order valence-electron chi connectivity index (χ4n) is 1.84. The molecule has 1 saturated heterocycles. The second kappa shape index (κ2) is 7.60. The number of ether oxygens (including phenoxy) is 2. The lowest BCUT2D eigenvalue weighted by Gasteiger charge is -2.34. The van der Waals surface area contributed by atoms with Gasteiger partial charge in [-0.3, -0.25) is 0 Å². The molecule has 0 aromatic carbocycles. The number of hydrogen-bond acceptors (Lipinski definition) is 3. The SMILES string of the molecule is COCCOCCN1CCC(Br)C(C)C1. The normalized spacial score (nSPS) is 28.2. The lowest BCUT2D eigenvalue weighted by Crippen LogP contribution is -2.41. The molecule has 0 saturated carbocycles. The van der Waals surface area contributed by atoms with Crippen molar-refractivity contribution in [1.29, 1.82) is 0 Å². The Bertz CT molecular complexity index is 169. The minimum atomic E-state index is 0.694. The third-order valence-electron chi connectivity index (χ3n) is 2.87. The molecule has 1 aliphatic heterocycles. The summed E-state index contributed by atoms with van der Waals surface area (Å²) in [6.07, 6.45) is 1.25. The molecule has 2 unspecified atom stereocenters. The van der Waals surface area contributed by atoms with Gasteiger partial charge < -0.3 is 14.4 Å². The number of methoxy groups -OCH3 is 1. The molecule has 2 atom stereocenters. The van der Waals surface area contributed by atoms with Gasteiger partial charge in [0.2, 0.25) is 0 Å². The fourth-order valence-corrected chi connectivity index (χ4v) is 2.22. The zero-order valence-electron chi connectivity index (χ0n) is 9.75. The van der Waals surface area contributed by atoms with Gasteiger partial charge in [0.15, 0.2) is 0 Å². The van der Waals surface area contributed by atoms with E-state index in [9.17, 15) is 0 Å². The monoisotopic (exact) mass is 279 g/mol. The fraction of sp³-hybridized carbons (Fsp3) is 1.00. The molecule has 0 aromatic heterocycles. The van der Waals surface area contributed by atoms with Gasteiger partial charge in [0, 0.05) is 25.0 Å². The largest absolute Gasteiger partial charge is 0.382 e. The van der Waals surface area contributed by atoms with E-state index in [1.165, 1.54) is 19.5 Å². The molecule has 15 heavy (non-hydrogen) atoms. The summed E-state index contributed by atoms with van der Waals surface area (Å²) < 4.78 is 10.4. The summed E-state index contributed by atoms with van der Waals surface area (Å²) in [7, 11) is 1.70. The van der Waals surface area contributed by atoms with E-state index in [1.54, 1.807) is 7.11 Å². The Morgan fingerprint density at radius 1 is 1.33 bits per heavy atom. The molecule has 90 valence electrons. The van der Waals surface area contributed by atoms with Gasteiger partial charge in [-0.25, -0.2) is 0 Å². The molecule has 1 rings (SSSR count). The van der Waals surface area contributed by atoms with Crippen molar-refractivity contribution in [3.05, 3.63) is 0 Å². The third kappa shape index (κ3) is 5.29. The first kappa shape index (κ1) is 13.4. The standard InChI is InChI=1S/C11H22BrNO2/c1-10-9-13(4-3-11(10)12)5-6-15-8-7-14-2/h10-11H,3-9H2,1-2H3. The van der Waals surface area contributed by atoms with Crippen molar-refractivity contribution < 1.29 is 9.47 Å². The summed E-state index contributed by atoms with van der Waals surface area (Å²) >= 11 is 3.71. The van der Waals surface area contributed by atoms with Crippen LogP contribution < -0.4 is 0 Å². The predicted molar refractivity (Wildman–Crippen MR) is 65.6 cm³/mol. The highest BCUT2D eigenvalue weighted by atomic mass is 79.9. The highest BCUT2D eigenvalue weighted by molar-refractivity contribution is 9.09. The van der Waals surface area contributed by atoms with Crippen LogP contribution in [0.5, 0.6) is 0 Å². The Labute approximate surface area is 101 Å². The van der Waals surface area contributed by atoms with Gasteiger partial charge in [-0.05, 0) is 18.9 Å². The van der Waals surface area contributed by atoms with E-state index in [0.29, 0.717) is 18.0 Å². The summed E-state index contributed by atoms with van der Waals surface area (Å²) in [4.78, 5) is 3.18. The highest BCUT2D eigenvalue weighted by Crippen LogP contribution is 2.22. The molecular weight excluding hydrogens is 258 g/mol. The van der Waals surface area contributed by atoms with Gasteiger partial charge in [-0.15, -0.1) is 0 Å². The lowest BCUT2D eigenvalue weighted by atomic mass is 10.0. The van der Waals surface area contributed by atoms with E-state index in [2.05, 4.69) is 27.8 Å². The Morgan fingerprint density at radius 3 is 2.80 bits per heavy atom.